The molecule has 0 heterocycles. The highest BCUT2D eigenvalue weighted by atomic mass is 16.6. The van der Waals surface area contributed by atoms with Crippen molar-refractivity contribution in [3.63, 3.8) is 0 Å². The van der Waals surface area contributed by atoms with E-state index in [4.69, 9.17) is 31.2 Å². The van der Waals surface area contributed by atoms with Crippen molar-refractivity contribution in [2.75, 3.05) is 13.2 Å². The van der Waals surface area contributed by atoms with E-state index in [0.29, 0.717) is 6.42 Å². The van der Waals surface area contributed by atoms with E-state index in [1.807, 2.05) is 13.8 Å². The van der Waals surface area contributed by atoms with Crippen molar-refractivity contribution in [3.05, 3.63) is 0 Å². The molecule has 0 saturated carbocycles. The molecule has 8 heteroatoms. The second kappa shape index (κ2) is 9.67. The Kier molecular flexibility index (Phi) is 9.11. The molecule has 0 radical (unpaired) electrons. The number of aliphatic hydroxyl groups excluding tert-OH is 2. The predicted octanol–water partition coefficient (Wildman–Crippen LogP) is -1.48. The van der Waals surface area contributed by atoms with E-state index in [0.717, 1.165) is 0 Å². The maximum Gasteiger partial charge on any atom is 0.325 e. The Morgan fingerprint density at radius 1 is 1.14 bits per heavy atom. The third kappa shape index (κ3) is 7.96. The normalized spacial score (nSPS) is 17.0. The Morgan fingerprint density at radius 2 is 1.71 bits per heavy atom. The molecule has 21 heavy (non-hydrogen) atoms. The van der Waals surface area contributed by atoms with Gasteiger partial charge in [0.2, 0.25) is 0 Å². The molecule has 4 atom stereocenters. The third-order valence-corrected chi connectivity index (χ3v) is 2.72. The second-order valence-corrected chi connectivity index (χ2v) is 5.37. The summed E-state index contributed by atoms with van der Waals surface area (Å²) in [4.78, 5) is 23.1. The fourth-order valence-corrected chi connectivity index (χ4v) is 1.45. The monoisotopic (exact) mass is 306 g/mol. The number of carbonyl (C=O) groups excluding carboxylic acids is 2. The highest BCUT2D eigenvalue weighted by Gasteiger charge is 2.24. The van der Waals surface area contributed by atoms with Crippen molar-refractivity contribution in [1.29, 1.82) is 0 Å². The smallest absolute Gasteiger partial charge is 0.325 e. The van der Waals surface area contributed by atoms with Gasteiger partial charge in [0, 0.05) is 0 Å². The lowest BCUT2D eigenvalue weighted by Crippen LogP contribution is -2.43. The zero-order valence-electron chi connectivity index (χ0n) is 12.7. The fourth-order valence-electron chi connectivity index (χ4n) is 1.45. The molecule has 0 spiro atoms. The van der Waals surface area contributed by atoms with Crippen LogP contribution >= 0.6 is 0 Å². The van der Waals surface area contributed by atoms with Crippen molar-refractivity contribution < 1.29 is 29.3 Å². The van der Waals surface area contributed by atoms with Crippen LogP contribution in [-0.2, 0) is 19.1 Å². The van der Waals surface area contributed by atoms with Crippen LogP contribution in [-0.4, -0.2) is 59.7 Å². The molecule has 0 saturated heterocycles. The summed E-state index contributed by atoms with van der Waals surface area (Å²) in [6.45, 7) is 4.30. The second-order valence-electron chi connectivity index (χ2n) is 5.37. The number of esters is 2. The lowest BCUT2D eigenvalue weighted by Gasteiger charge is -2.20. The van der Waals surface area contributed by atoms with Crippen LogP contribution in [0.1, 0.15) is 27.2 Å². The van der Waals surface area contributed by atoms with E-state index in [9.17, 15) is 9.59 Å². The van der Waals surface area contributed by atoms with E-state index in [2.05, 4.69) is 0 Å². The van der Waals surface area contributed by atoms with Crippen LogP contribution in [0.25, 0.3) is 0 Å². The molecule has 0 aliphatic heterocycles. The summed E-state index contributed by atoms with van der Waals surface area (Å²) in [5, 5.41) is 18.2. The van der Waals surface area contributed by atoms with Crippen molar-refractivity contribution in [2.24, 2.45) is 17.4 Å². The van der Waals surface area contributed by atoms with Crippen LogP contribution in [0, 0.1) is 5.92 Å². The van der Waals surface area contributed by atoms with Crippen molar-refractivity contribution in [3.8, 4) is 0 Å². The van der Waals surface area contributed by atoms with E-state index >= 15 is 0 Å². The average Bonchev–Trinajstić information content (AvgIpc) is 2.40. The Bertz CT molecular complexity index is 335. The largest absolute Gasteiger partial charge is 0.460 e. The molecular formula is C13H26N2O6. The van der Waals surface area contributed by atoms with Gasteiger partial charge in [0.1, 0.15) is 18.7 Å². The van der Waals surface area contributed by atoms with Crippen LogP contribution in [0.3, 0.4) is 0 Å². The highest BCUT2D eigenvalue weighted by molar-refractivity contribution is 5.76. The highest BCUT2D eigenvalue weighted by Crippen LogP contribution is 2.06. The summed E-state index contributed by atoms with van der Waals surface area (Å²) in [6.07, 6.45) is -1.63. The quantitative estimate of drug-likeness (QED) is 0.377. The average molecular weight is 306 g/mol. The zero-order valence-corrected chi connectivity index (χ0v) is 12.7. The van der Waals surface area contributed by atoms with E-state index < -0.39 is 42.8 Å². The van der Waals surface area contributed by atoms with E-state index in [1.165, 1.54) is 6.92 Å². The first-order chi connectivity index (χ1) is 9.68. The Hall–Kier alpha value is -1.22. The van der Waals surface area contributed by atoms with Crippen molar-refractivity contribution >= 4 is 11.9 Å². The SMILES string of the molecule is CC(C)C[C@H](N)C(=O)OC(CO)COC(=O)[C@@H](N)[C@@H](C)O. The molecule has 0 aromatic heterocycles. The van der Waals surface area contributed by atoms with Crippen LogP contribution < -0.4 is 11.5 Å². The number of carbonyl (C=O) groups is 2. The molecule has 6 N–H and O–H groups in total. The maximum absolute atomic E-state index is 11.7. The molecule has 0 rings (SSSR count). The van der Waals surface area contributed by atoms with Gasteiger partial charge in [-0.05, 0) is 19.3 Å². The molecule has 0 aliphatic rings. The third-order valence-electron chi connectivity index (χ3n) is 2.72. The molecule has 124 valence electrons. The van der Waals surface area contributed by atoms with Crippen LogP contribution in [0.5, 0.6) is 0 Å². The van der Waals surface area contributed by atoms with Crippen molar-refractivity contribution in [1.82, 2.24) is 0 Å². The molecular weight excluding hydrogens is 280 g/mol. The first kappa shape index (κ1) is 19.8. The molecule has 0 amide bonds. The first-order valence-corrected chi connectivity index (χ1v) is 6.86. The summed E-state index contributed by atoms with van der Waals surface area (Å²) in [6, 6.07) is -1.99. The lowest BCUT2D eigenvalue weighted by molar-refractivity contribution is -0.164. The minimum Gasteiger partial charge on any atom is -0.460 e. The van der Waals surface area contributed by atoms with Gasteiger partial charge in [0.05, 0.1) is 12.7 Å². The number of hydrogen-bond donors (Lipinski definition) is 4. The van der Waals surface area contributed by atoms with Gasteiger partial charge in [0.15, 0.2) is 6.10 Å². The molecule has 0 fully saturated rings. The molecule has 0 aliphatic carbocycles. The number of ether oxygens (including phenoxy) is 2. The predicted molar refractivity (Wildman–Crippen MR) is 75.0 cm³/mol. The molecule has 0 bridgehead atoms. The maximum atomic E-state index is 11.7. The number of hydrogen-bond acceptors (Lipinski definition) is 8. The van der Waals surface area contributed by atoms with Gasteiger partial charge in [-0.2, -0.15) is 0 Å². The minimum atomic E-state index is -1.19. The Labute approximate surface area is 124 Å². The summed E-state index contributed by atoms with van der Waals surface area (Å²) in [7, 11) is 0. The van der Waals surface area contributed by atoms with Gasteiger partial charge in [-0.25, -0.2) is 0 Å². The minimum absolute atomic E-state index is 0.224. The van der Waals surface area contributed by atoms with Gasteiger partial charge < -0.3 is 31.2 Å². The summed E-state index contributed by atoms with van der Waals surface area (Å²) in [5.41, 5.74) is 11.0. The van der Waals surface area contributed by atoms with Crippen LogP contribution in [0.15, 0.2) is 0 Å². The van der Waals surface area contributed by atoms with Gasteiger partial charge >= 0.3 is 11.9 Å². The summed E-state index contributed by atoms with van der Waals surface area (Å²) in [5.74, 6) is -1.29. The lowest BCUT2D eigenvalue weighted by atomic mass is 10.1. The topological polar surface area (TPSA) is 145 Å². The summed E-state index contributed by atoms with van der Waals surface area (Å²) >= 11 is 0. The Balaban J connectivity index is 4.28. The van der Waals surface area contributed by atoms with Crippen LogP contribution in [0.2, 0.25) is 0 Å². The molecule has 1 unspecified atom stereocenters. The number of aliphatic hydroxyl groups is 2. The number of rotatable bonds is 9. The zero-order chi connectivity index (χ0) is 16.6. The first-order valence-electron chi connectivity index (χ1n) is 6.86. The Morgan fingerprint density at radius 3 is 2.14 bits per heavy atom. The van der Waals surface area contributed by atoms with Crippen molar-refractivity contribution in [2.45, 2.75) is 51.5 Å². The fraction of sp³-hybridized carbons (Fsp3) is 0.846. The number of nitrogens with two attached hydrogens (primary N) is 2. The van der Waals surface area contributed by atoms with Gasteiger partial charge in [-0.15, -0.1) is 0 Å². The van der Waals surface area contributed by atoms with E-state index in [-0.39, 0.29) is 12.5 Å². The molecule has 8 nitrogen and oxygen atoms in total. The van der Waals surface area contributed by atoms with E-state index in [1.54, 1.807) is 0 Å². The molecule has 0 aromatic carbocycles. The van der Waals surface area contributed by atoms with Gasteiger partial charge in [0.25, 0.3) is 0 Å². The summed E-state index contributed by atoms with van der Waals surface area (Å²) < 4.78 is 9.74. The van der Waals surface area contributed by atoms with Gasteiger partial charge in [-0.1, -0.05) is 13.8 Å². The standard InChI is InChI=1S/C13H26N2O6/c1-7(2)4-10(14)12(18)21-9(5-16)6-20-13(19)11(15)8(3)17/h7-11,16-17H,4-6,14-15H2,1-3H3/t8-,9?,10+,11+/m1/s1. The van der Waals surface area contributed by atoms with Gasteiger partial charge in [-0.3, -0.25) is 9.59 Å². The van der Waals surface area contributed by atoms with Crippen LogP contribution in [0.4, 0.5) is 0 Å². The molecule has 0 aromatic rings.